The zero-order valence-electron chi connectivity index (χ0n) is 14.7. The van der Waals surface area contributed by atoms with E-state index in [1.54, 1.807) is 25.3 Å². The van der Waals surface area contributed by atoms with Crippen LogP contribution in [-0.4, -0.2) is 21.6 Å². The molecule has 0 aliphatic rings. The van der Waals surface area contributed by atoms with Crippen LogP contribution in [-0.2, 0) is 11.3 Å². The van der Waals surface area contributed by atoms with Gasteiger partial charge in [0.2, 0.25) is 5.91 Å². The Morgan fingerprint density at radius 1 is 1.19 bits per heavy atom. The highest BCUT2D eigenvalue weighted by molar-refractivity contribution is 5.98. The van der Waals surface area contributed by atoms with Crippen LogP contribution >= 0.6 is 0 Å². The van der Waals surface area contributed by atoms with Crippen LogP contribution in [0.25, 0.3) is 10.9 Å². The molecule has 3 aromatic rings. The van der Waals surface area contributed by atoms with Gasteiger partial charge in [-0.05, 0) is 42.8 Å². The molecule has 0 aliphatic heterocycles. The number of aromatic nitrogens is 2. The van der Waals surface area contributed by atoms with E-state index in [1.165, 1.54) is 6.92 Å². The molecular formula is C19H20N6O. The predicted molar refractivity (Wildman–Crippen MR) is 104 cm³/mol. The number of hydrogen-bond acceptors (Lipinski definition) is 6. The first-order chi connectivity index (χ1) is 12.5. The van der Waals surface area contributed by atoms with Crippen molar-refractivity contribution in [3.8, 4) is 0 Å². The minimum atomic E-state index is -0.232. The number of hydrogen-bond donors (Lipinski definition) is 3. The Morgan fingerprint density at radius 2 is 2.04 bits per heavy atom. The fraction of sp³-hybridized carbons (Fsp3) is 0.158. The Balaban J connectivity index is 1.77. The number of fused-ring (bicyclic) bond motifs is 1. The summed E-state index contributed by atoms with van der Waals surface area (Å²) in [6.07, 6.45) is 1.78. The van der Waals surface area contributed by atoms with Gasteiger partial charge >= 0.3 is 0 Å². The maximum absolute atomic E-state index is 11.0. The minimum Gasteiger partial charge on any atom is -0.396 e. The Kier molecular flexibility index (Phi) is 5.07. The topological polar surface area (TPSA) is 105 Å². The zero-order valence-corrected chi connectivity index (χ0v) is 14.7. The molecule has 132 valence electrons. The van der Waals surface area contributed by atoms with Crippen LogP contribution in [0, 0.1) is 0 Å². The van der Waals surface area contributed by atoms with Crippen LogP contribution in [0.1, 0.15) is 25.1 Å². The fourth-order valence-electron chi connectivity index (χ4n) is 2.45. The van der Waals surface area contributed by atoms with Gasteiger partial charge in [-0.1, -0.05) is 12.1 Å². The summed E-state index contributed by atoms with van der Waals surface area (Å²) < 4.78 is 0. The van der Waals surface area contributed by atoms with Gasteiger partial charge in [0.15, 0.2) is 0 Å². The van der Waals surface area contributed by atoms with Gasteiger partial charge in [-0.15, -0.1) is 0 Å². The summed E-state index contributed by atoms with van der Waals surface area (Å²) in [7, 11) is 0. The van der Waals surface area contributed by atoms with E-state index in [0.717, 1.165) is 16.5 Å². The highest BCUT2D eigenvalue weighted by atomic mass is 16.2. The van der Waals surface area contributed by atoms with Crippen LogP contribution < -0.4 is 16.5 Å². The van der Waals surface area contributed by atoms with E-state index in [0.29, 0.717) is 29.5 Å². The molecule has 1 aromatic carbocycles. The molecule has 0 aliphatic carbocycles. The number of rotatable bonds is 5. The average Bonchev–Trinajstić information content (AvgIpc) is 2.65. The molecule has 2 heterocycles. The standard InChI is InChI=1S/C19H20N6O/c1-12(24-25-13(2)26)17-8-6-16(20)19(23-17)22-11-14-5-7-18-15(10-14)4-3-9-21-18/h3-10H,11,20H2,1-2H3,(H,22,23)(H,25,26)/b24-12+. The van der Waals surface area contributed by atoms with Gasteiger partial charge in [0.05, 0.1) is 22.6 Å². The van der Waals surface area contributed by atoms with E-state index in [9.17, 15) is 4.79 Å². The van der Waals surface area contributed by atoms with Gasteiger partial charge in [0.1, 0.15) is 5.82 Å². The highest BCUT2D eigenvalue weighted by Crippen LogP contribution is 2.19. The van der Waals surface area contributed by atoms with Gasteiger partial charge in [-0.25, -0.2) is 10.4 Å². The first kappa shape index (κ1) is 17.3. The molecule has 7 nitrogen and oxygen atoms in total. The third kappa shape index (κ3) is 4.13. The third-order valence-corrected chi connectivity index (χ3v) is 3.81. The summed E-state index contributed by atoms with van der Waals surface area (Å²) in [5, 5.41) is 8.33. The second-order valence-electron chi connectivity index (χ2n) is 5.88. The second kappa shape index (κ2) is 7.60. The first-order valence-electron chi connectivity index (χ1n) is 8.18. The van der Waals surface area contributed by atoms with Gasteiger partial charge in [0, 0.05) is 25.1 Å². The van der Waals surface area contributed by atoms with Crippen LogP contribution in [0.15, 0.2) is 53.8 Å². The van der Waals surface area contributed by atoms with Crippen molar-refractivity contribution in [1.82, 2.24) is 15.4 Å². The highest BCUT2D eigenvalue weighted by Gasteiger charge is 2.06. The molecule has 0 unspecified atom stereocenters. The third-order valence-electron chi connectivity index (χ3n) is 3.81. The summed E-state index contributed by atoms with van der Waals surface area (Å²) >= 11 is 0. The van der Waals surface area contributed by atoms with Gasteiger partial charge in [-0.2, -0.15) is 5.10 Å². The molecule has 2 aromatic heterocycles. The average molecular weight is 348 g/mol. The molecule has 0 saturated heterocycles. The molecule has 0 atom stereocenters. The number of nitrogens with zero attached hydrogens (tertiary/aromatic N) is 3. The van der Waals surface area contributed by atoms with Crippen molar-refractivity contribution >= 4 is 34.0 Å². The Labute approximate surface area is 151 Å². The molecule has 7 heteroatoms. The Bertz CT molecular complexity index is 983. The lowest BCUT2D eigenvalue weighted by Crippen LogP contribution is -2.16. The summed E-state index contributed by atoms with van der Waals surface area (Å²) in [4.78, 5) is 19.8. The number of carbonyl (C=O) groups is 1. The molecule has 0 bridgehead atoms. The number of hydrazone groups is 1. The summed E-state index contributed by atoms with van der Waals surface area (Å²) in [6.45, 7) is 3.75. The van der Waals surface area contributed by atoms with E-state index < -0.39 is 0 Å². The number of benzene rings is 1. The summed E-state index contributed by atoms with van der Waals surface area (Å²) in [5.74, 6) is 0.343. The maximum Gasteiger partial charge on any atom is 0.236 e. The maximum atomic E-state index is 11.0. The number of nitrogens with two attached hydrogens (primary N) is 1. The molecule has 0 saturated carbocycles. The minimum absolute atomic E-state index is 0.232. The normalized spacial score (nSPS) is 11.4. The van der Waals surface area contributed by atoms with E-state index in [2.05, 4.69) is 31.9 Å². The Hall–Kier alpha value is -3.48. The predicted octanol–water partition coefficient (Wildman–Crippen LogP) is 2.68. The first-order valence-corrected chi connectivity index (χ1v) is 8.18. The molecule has 1 amide bonds. The Morgan fingerprint density at radius 3 is 2.85 bits per heavy atom. The van der Waals surface area contributed by atoms with Crippen molar-refractivity contribution in [1.29, 1.82) is 0 Å². The quantitative estimate of drug-likeness (QED) is 0.486. The molecule has 4 N–H and O–H groups in total. The van der Waals surface area contributed by atoms with Crippen LogP contribution in [0.4, 0.5) is 11.5 Å². The molecular weight excluding hydrogens is 328 g/mol. The van der Waals surface area contributed by atoms with E-state index >= 15 is 0 Å². The van der Waals surface area contributed by atoms with E-state index in [1.807, 2.05) is 24.3 Å². The molecule has 0 fully saturated rings. The van der Waals surface area contributed by atoms with Gasteiger partial charge in [-0.3, -0.25) is 9.78 Å². The monoisotopic (exact) mass is 348 g/mol. The van der Waals surface area contributed by atoms with Crippen LogP contribution in [0.2, 0.25) is 0 Å². The molecule has 0 spiro atoms. The summed E-state index contributed by atoms with van der Waals surface area (Å²) in [5.41, 5.74) is 12.3. The van der Waals surface area contributed by atoms with Crippen molar-refractivity contribution in [3.63, 3.8) is 0 Å². The lowest BCUT2D eigenvalue weighted by Gasteiger charge is -2.11. The number of carbonyl (C=O) groups excluding carboxylic acids is 1. The molecule has 3 rings (SSSR count). The van der Waals surface area contributed by atoms with Crippen molar-refractivity contribution < 1.29 is 4.79 Å². The smallest absolute Gasteiger partial charge is 0.236 e. The number of amides is 1. The second-order valence-corrected chi connectivity index (χ2v) is 5.88. The van der Waals surface area contributed by atoms with Crippen molar-refractivity contribution in [2.24, 2.45) is 5.10 Å². The van der Waals surface area contributed by atoms with E-state index in [4.69, 9.17) is 5.73 Å². The number of pyridine rings is 2. The van der Waals surface area contributed by atoms with Crippen LogP contribution in [0.3, 0.4) is 0 Å². The number of anilines is 2. The number of nitrogen functional groups attached to an aromatic ring is 1. The van der Waals surface area contributed by atoms with Crippen molar-refractivity contribution in [3.05, 3.63) is 59.9 Å². The summed E-state index contributed by atoms with van der Waals surface area (Å²) in [6, 6.07) is 13.6. The lowest BCUT2D eigenvalue weighted by molar-refractivity contribution is -0.118. The number of nitrogens with one attached hydrogen (secondary N) is 2. The van der Waals surface area contributed by atoms with Gasteiger partial charge in [0.25, 0.3) is 0 Å². The lowest BCUT2D eigenvalue weighted by atomic mass is 10.1. The van der Waals surface area contributed by atoms with Crippen molar-refractivity contribution in [2.45, 2.75) is 20.4 Å². The fourth-order valence-corrected chi connectivity index (χ4v) is 2.45. The molecule has 26 heavy (non-hydrogen) atoms. The largest absolute Gasteiger partial charge is 0.396 e. The van der Waals surface area contributed by atoms with Crippen molar-refractivity contribution in [2.75, 3.05) is 11.1 Å². The molecule has 0 radical (unpaired) electrons. The zero-order chi connectivity index (χ0) is 18.5. The SMILES string of the molecule is CC(=O)N/N=C(\C)c1ccc(N)c(NCc2ccc3ncccc3c2)n1. The van der Waals surface area contributed by atoms with E-state index in [-0.39, 0.29) is 5.91 Å². The van der Waals surface area contributed by atoms with Crippen LogP contribution in [0.5, 0.6) is 0 Å². The van der Waals surface area contributed by atoms with Gasteiger partial charge < -0.3 is 11.1 Å².